The molecule has 0 fully saturated rings. The number of pyridine rings is 1. The smallest absolute Gasteiger partial charge is 0.316 e. The highest BCUT2D eigenvalue weighted by Gasteiger charge is 2.19. The third kappa shape index (κ3) is 3.97. The normalized spacial score (nSPS) is 12.5. The molecular weight excluding hydrogens is 396 g/mol. The minimum absolute atomic E-state index is 0.214. The molecule has 4 rings (SSSR count). The van der Waals surface area contributed by atoms with E-state index in [4.69, 9.17) is 4.42 Å². The number of aromatic nitrogens is 1. The number of fused-ring (bicyclic) bond motifs is 1. The topological polar surface area (TPSA) is 84.8 Å². The van der Waals surface area contributed by atoms with E-state index >= 15 is 0 Å². The van der Waals surface area contributed by atoms with E-state index in [1.807, 2.05) is 30.3 Å². The van der Waals surface area contributed by atoms with Gasteiger partial charge in [0.05, 0.1) is 16.4 Å². The van der Waals surface area contributed by atoms with Crippen molar-refractivity contribution in [3.05, 3.63) is 90.0 Å². The van der Waals surface area contributed by atoms with Crippen molar-refractivity contribution >= 4 is 32.8 Å². The van der Waals surface area contributed by atoms with Crippen LogP contribution in [-0.4, -0.2) is 18.4 Å². The number of benzene rings is 2. The molecule has 1 N–H and O–H groups in total. The molecule has 0 saturated carbocycles. The first-order valence-corrected chi connectivity index (χ1v) is 10.8. The maximum Gasteiger partial charge on any atom is 0.316 e. The van der Waals surface area contributed by atoms with E-state index in [-0.39, 0.29) is 10.4 Å². The second kappa shape index (κ2) is 7.57. The van der Waals surface area contributed by atoms with E-state index in [9.17, 15) is 13.6 Å². The minimum atomic E-state index is -4.04. The fraction of sp³-hybridized carbons (Fsp3) is 0.0500. The molecule has 6 nitrogen and oxygen atoms in total. The third-order valence-corrected chi connectivity index (χ3v) is 6.25. The van der Waals surface area contributed by atoms with Gasteiger partial charge in [-0.05, 0) is 17.7 Å². The highest BCUT2D eigenvalue weighted by atomic mass is 32.2. The lowest BCUT2D eigenvalue weighted by Crippen LogP contribution is -2.12. The van der Waals surface area contributed by atoms with Gasteiger partial charge in [-0.25, -0.2) is 4.73 Å². The first kappa shape index (κ1) is 18.4. The molecule has 0 bridgehead atoms. The van der Waals surface area contributed by atoms with Crippen LogP contribution in [0.15, 0.2) is 97.9 Å². The van der Waals surface area contributed by atoms with Crippen LogP contribution in [0.1, 0.15) is 5.56 Å². The van der Waals surface area contributed by atoms with E-state index in [0.29, 0.717) is 21.6 Å². The Morgan fingerprint density at radius 1 is 1.04 bits per heavy atom. The predicted octanol–water partition coefficient (Wildman–Crippen LogP) is 4.05. The number of hydrogen-bond acceptors (Lipinski definition) is 5. The number of rotatable bonds is 5. The molecule has 0 unspecified atom stereocenters. The second-order valence-corrected chi connectivity index (χ2v) is 8.57. The van der Waals surface area contributed by atoms with Gasteiger partial charge in [0.15, 0.2) is 0 Å². The SMILES string of the molecule is O=S(=O)(N=c1ccn(O)cc1SCc1ccccc1)c1cc2ccccc2o1. The van der Waals surface area contributed by atoms with Gasteiger partial charge in [0, 0.05) is 23.4 Å². The van der Waals surface area contributed by atoms with Crippen LogP contribution in [0.5, 0.6) is 0 Å². The zero-order valence-electron chi connectivity index (χ0n) is 14.6. The van der Waals surface area contributed by atoms with Crippen molar-refractivity contribution in [1.82, 2.24) is 4.73 Å². The van der Waals surface area contributed by atoms with Gasteiger partial charge in [0.25, 0.3) is 0 Å². The lowest BCUT2D eigenvalue weighted by Gasteiger charge is -2.05. The highest BCUT2D eigenvalue weighted by molar-refractivity contribution is 7.98. The molecule has 8 heteroatoms. The van der Waals surface area contributed by atoms with Crippen LogP contribution in [0.4, 0.5) is 0 Å². The van der Waals surface area contributed by atoms with Gasteiger partial charge < -0.3 is 9.62 Å². The molecule has 4 aromatic rings. The number of para-hydroxylation sites is 1. The van der Waals surface area contributed by atoms with Crippen molar-refractivity contribution in [2.45, 2.75) is 15.7 Å². The van der Waals surface area contributed by atoms with Gasteiger partial charge in [-0.2, -0.15) is 12.8 Å². The summed E-state index contributed by atoms with van der Waals surface area (Å²) in [5.41, 5.74) is 1.56. The summed E-state index contributed by atoms with van der Waals surface area (Å²) >= 11 is 1.39. The quantitative estimate of drug-likeness (QED) is 0.395. The molecule has 2 aromatic carbocycles. The van der Waals surface area contributed by atoms with E-state index < -0.39 is 10.0 Å². The summed E-state index contributed by atoms with van der Waals surface area (Å²) in [5.74, 6) is 0.609. The summed E-state index contributed by atoms with van der Waals surface area (Å²) in [6.45, 7) is 0. The fourth-order valence-electron chi connectivity index (χ4n) is 2.64. The lowest BCUT2D eigenvalue weighted by atomic mass is 10.2. The molecule has 0 aliphatic heterocycles. The number of furan rings is 1. The summed E-state index contributed by atoms with van der Waals surface area (Å²) in [6.07, 6.45) is 2.76. The van der Waals surface area contributed by atoms with Gasteiger partial charge in [0.2, 0.25) is 5.09 Å². The molecule has 0 aliphatic rings. The van der Waals surface area contributed by atoms with Crippen molar-refractivity contribution < 1.29 is 18.0 Å². The summed E-state index contributed by atoms with van der Waals surface area (Å²) in [6, 6.07) is 19.7. The standard InChI is InChI=1S/C20H16N2O4S2/c23-22-11-10-17(19(13-22)27-14-15-6-2-1-3-7-15)21-28(24,25)20-12-16-8-4-5-9-18(16)26-20/h1-13,23H,14H2. The van der Waals surface area contributed by atoms with Crippen molar-refractivity contribution in [1.29, 1.82) is 0 Å². The largest absolute Gasteiger partial charge is 0.443 e. The number of hydrogen-bond donors (Lipinski definition) is 1. The van der Waals surface area contributed by atoms with Gasteiger partial charge in [-0.3, -0.25) is 0 Å². The summed E-state index contributed by atoms with van der Waals surface area (Å²) in [4.78, 5) is 0.536. The first-order chi connectivity index (χ1) is 13.5. The average molecular weight is 412 g/mol. The summed E-state index contributed by atoms with van der Waals surface area (Å²) in [5, 5.41) is 10.5. The Kier molecular flexibility index (Phi) is 4.97. The number of sulfonamides is 1. The molecule has 0 saturated heterocycles. The maximum atomic E-state index is 12.7. The van der Waals surface area contributed by atoms with Crippen LogP contribution in [0.3, 0.4) is 0 Å². The van der Waals surface area contributed by atoms with Crippen LogP contribution in [0.2, 0.25) is 0 Å². The third-order valence-electron chi connectivity index (χ3n) is 4.00. The van der Waals surface area contributed by atoms with Gasteiger partial charge >= 0.3 is 10.0 Å². The number of thioether (sulfide) groups is 1. The van der Waals surface area contributed by atoms with Crippen molar-refractivity contribution in [2.75, 3.05) is 0 Å². The Morgan fingerprint density at radius 2 is 1.79 bits per heavy atom. The van der Waals surface area contributed by atoms with Crippen molar-refractivity contribution in [3.63, 3.8) is 0 Å². The molecular formula is C20H16N2O4S2. The monoisotopic (exact) mass is 412 g/mol. The molecule has 142 valence electrons. The van der Waals surface area contributed by atoms with E-state index in [0.717, 1.165) is 10.3 Å². The van der Waals surface area contributed by atoms with Gasteiger partial charge in [-0.1, -0.05) is 48.5 Å². The number of nitrogens with zero attached hydrogens (tertiary/aromatic N) is 2. The Hall–Kier alpha value is -2.97. The van der Waals surface area contributed by atoms with E-state index in [1.165, 1.54) is 36.3 Å². The Labute approximate surface area is 165 Å². The van der Waals surface area contributed by atoms with Crippen LogP contribution in [0.25, 0.3) is 11.0 Å². The first-order valence-electron chi connectivity index (χ1n) is 8.39. The zero-order chi connectivity index (χ0) is 19.6. The molecule has 0 radical (unpaired) electrons. The molecule has 0 amide bonds. The Morgan fingerprint density at radius 3 is 2.57 bits per heavy atom. The fourth-order valence-corrected chi connectivity index (χ4v) is 4.64. The summed E-state index contributed by atoms with van der Waals surface area (Å²) in [7, 11) is -4.04. The van der Waals surface area contributed by atoms with E-state index in [2.05, 4.69) is 4.40 Å². The van der Waals surface area contributed by atoms with Crippen LogP contribution >= 0.6 is 11.8 Å². The molecule has 28 heavy (non-hydrogen) atoms. The highest BCUT2D eigenvalue weighted by Crippen LogP contribution is 2.24. The maximum absolute atomic E-state index is 12.7. The lowest BCUT2D eigenvalue weighted by molar-refractivity contribution is 0.181. The zero-order valence-corrected chi connectivity index (χ0v) is 16.2. The molecule has 2 aromatic heterocycles. The van der Waals surface area contributed by atoms with Gasteiger partial charge in [0.1, 0.15) is 5.58 Å². The van der Waals surface area contributed by atoms with Crippen LogP contribution in [-0.2, 0) is 15.8 Å². The molecule has 0 spiro atoms. The van der Waals surface area contributed by atoms with E-state index in [1.54, 1.807) is 24.3 Å². The Bertz CT molecular complexity index is 1260. The van der Waals surface area contributed by atoms with Crippen LogP contribution in [0, 0.1) is 0 Å². The van der Waals surface area contributed by atoms with Crippen molar-refractivity contribution in [3.8, 4) is 0 Å². The summed E-state index contributed by atoms with van der Waals surface area (Å²) < 4.78 is 35.8. The van der Waals surface area contributed by atoms with Crippen LogP contribution < -0.4 is 5.36 Å². The minimum Gasteiger partial charge on any atom is -0.443 e. The average Bonchev–Trinajstić information content (AvgIpc) is 3.14. The predicted molar refractivity (Wildman–Crippen MR) is 107 cm³/mol. The van der Waals surface area contributed by atoms with Crippen molar-refractivity contribution in [2.24, 2.45) is 4.40 Å². The molecule has 0 aliphatic carbocycles. The van der Waals surface area contributed by atoms with Gasteiger partial charge in [-0.15, -0.1) is 11.8 Å². The molecule has 0 atom stereocenters. The second-order valence-electron chi connectivity index (χ2n) is 6.02. The molecule has 2 heterocycles. The Balaban J connectivity index is 1.71.